The number of unbranched alkanes of at least 4 members (excludes halogenated alkanes) is 2. The maximum absolute atomic E-state index is 12.2. The zero-order chi connectivity index (χ0) is 15.5. The second-order valence-electron chi connectivity index (χ2n) is 6.65. The Hall–Kier alpha value is -1.77. The van der Waals surface area contributed by atoms with E-state index in [1.54, 1.807) is 7.11 Å². The van der Waals surface area contributed by atoms with Crippen molar-refractivity contribution in [1.29, 1.82) is 0 Å². The molecule has 1 heterocycles. The van der Waals surface area contributed by atoms with Crippen LogP contribution in [0.15, 0.2) is 29.1 Å². The lowest BCUT2D eigenvalue weighted by atomic mass is 10.0. The Morgan fingerprint density at radius 3 is 2.77 bits per heavy atom. The molecule has 22 heavy (non-hydrogen) atoms. The molecule has 0 spiro atoms. The fourth-order valence-corrected chi connectivity index (χ4v) is 3.24. The Balaban J connectivity index is 1.58. The van der Waals surface area contributed by atoms with Gasteiger partial charge in [-0.1, -0.05) is 26.2 Å². The Bertz CT molecular complexity index is 704. The molecule has 3 rings (SSSR count). The molecule has 0 radical (unpaired) electrons. The number of fused-ring (bicyclic) bond motifs is 1. The van der Waals surface area contributed by atoms with Crippen molar-refractivity contribution in [3.63, 3.8) is 0 Å². The lowest BCUT2D eigenvalue weighted by Crippen LogP contribution is -2.12. The molecule has 0 bridgehead atoms. The Morgan fingerprint density at radius 2 is 2.05 bits per heavy atom. The molecule has 1 aliphatic carbocycles. The van der Waals surface area contributed by atoms with Crippen LogP contribution < -0.4 is 10.3 Å². The quantitative estimate of drug-likeness (QED) is 0.775. The molecule has 0 aliphatic heterocycles. The predicted octanol–water partition coefficient (Wildman–Crippen LogP) is 4.30. The van der Waals surface area contributed by atoms with Crippen LogP contribution in [0.3, 0.4) is 0 Å². The van der Waals surface area contributed by atoms with E-state index in [1.807, 2.05) is 24.3 Å². The summed E-state index contributed by atoms with van der Waals surface area (Å²) in [4.78, 5) is 15.1. The zero-order valence-electron chi connectivity index (χ0n) is 13.5. The second-order valence-corrected chi connectivity index (χ2v) is 6.65. The van der Waals surface area contributed by atoms with Crippen LogP contribution in [0.5, 0.6) is 5.75 Å². The Kier molecular flexibility index (Phi) is 4.51. The number of H-pyrrole nitrogens is 1. The van der Waals surface area contributed by atoms with E-state index in [0.29, 0.717) is 0 Å². The maximum Gasteiger partial charge on any atom is 0.251 e. The smallest absolute Gasteiger partial charge is 0.251 e. The van der Waals surface area contributed by atoms with Gasteiger partial charge in [-0.15, -0.1) is 0 Å². The number of pyridine rings is 1. The molecular formula is C19H25NO2. The molecule has 1 unspecified atom stereocenters. The number of methoxy groups -OCH3 is 1. The lowest BCUT2D eigenvalue weighted by molar-refractivity contribution is 0.415. The summed E-state index contributed by atoms with van der Waals surface area (Å²) in [6.45, 7) is 2.34. The van der Waals surface area contributed by atoms with E-state index in [4.69, 9.17) is 4.74 Å². The highest BCUT2D eigenvalue weighted by Gasteiger charge is 2.31. The maximum atomic E-state index is 12.2. The number of ether oxygens (including phenoxy) is 1. The van der Waals surface area contributed by atoms with Crippen molar-refractivity contribution < 1.29 is 4.74 Å². The minimum absolute atomic E-state index is 0.0385. The summed E-state index contributed by atoms with van der Waals surface area (Å²) in [5.41, 5.74) is 1.78. The van der Waals surface area contributed by atoms with Crippen LogP contribution in [0.2, 0.25) is 0 Å². The average Bonchev–Trinajstić information content (AvgIpc) is 3.22. The van der Waals surface area contributed by atoms with Crippen LogP contribution in [0.25, 0.3) is 10.9 Å². The third-order valence-electron chi connectivity index (χ3n) is 4.93. The van der Waals surface area contributed by atoms with Gasteiger partial charge in [0.2, 0.25) is 0 Å². The molecule has 1 aliphatic rings. The van der Waals surface area contributed by atoms with Gasteiger partial charge >= 0.3 is 0 Å². The van der Waals surface area contributed by atoms with Gasteiger partial charge in [0.05, 0.1) is 12.6 Å². The van der Waals surface area contributed by atoms with Crippen LogP contribution in [0, 0.1) is 11.8 Å². The first-order chi connectivity index (χ1) is 10.7. The van der Waals surface area contributed by atoms with Gasteiger partial charge in [-0.25, -0.2) is 0 Å². The minimum Gasteiger partial charge on any atom is -0.497 e. The Morgan fingerprint density at radius 1 is 1.23 bits per heavy atom. The van der Waals surface area contributed by atoms with Gasteiger partial charge in [-0.3, -0.25) is 4.79 Å². The topological polar surface area (TPSA) is 42.1 Å². The number of hydrogen-bond donors (Lipinski definition) is 1. The van der Waals surface area contributed by atoms with Gasteiger partial charge in [0, 0.05) is 11.6 Å². The molecule has 1 fully saturated rings. The van der Waals surface area contributed by atoms with E-state index in [2.05, 4.69) is 11.9 Å². The van der Waals surface area contributed by atoms with E-state index in [9.17, 15) is 4.79 Å². The summed E-state index contributed by atoms with van der Waals surface area (Å²) in [6, 6.07) is 7.83. The predicted molar refractivity (Wildman–Crippen MR) is 90.6 cm³/mol. The number of aromatic nitrogens is 1. The van der Waals surface area contributed by atoms with Gasteiger partial charge in [0.25, 0.3) is 5.56 Å². The molecule has 2 aromatic rings. The summed E-state index contributed by atoms with van der Waals surface area (Å²) in [5.74, 6) is 2.71. The van der Waals surface area contributed by atoms with Crippen molar-refractivity contribution in [2.24, 2.45) is 11.8 Å². The molecule has 1 saturated carbocycles. The van der Waals surface area contributed by atoms with Crippen LogP contribution in [0.4, 0.5) is 0 Å². The molecular weight excluding hydrogens is 274 g/mol. The monoisotopic (exact) mass is 299 g/mol. The molecule has 3 heteroatoms. The third kappa shape index (κ3) is 3.52. The van der Waals surface area contributed by atoms with Gasteiger partial charge in [-0.2, -0.15) is 0 Å². The number of benzene rings is 1. The van der Waals surface area contributed by atoms with Gasteiger partial charge < -0.3 is 9.72 Å². The molecule has 118 valence electrons. The molecule has 0 saturated heterocycles. The number of nitrogens with one attached hydrogen (secondary N) is 1. The van der Waals surface area contributed by atoms with E-state index in [1.165, 1.54) is 25.7 Å². The van der Waals surface area contributed by atoms with Gasteiger partial charge in [-0.05, 0) is 54.7 Å². The highest BCUT2D eigenvalue weighted by Crippen LogP contribution is 2.41. The van der Waals surface area contributed by atoms with Crippen LogP contribution in [-0.4, -0.2) is 12.1 Å². The van der Waals surface area contributed by atoms with Gasteiger partial charge in [0.15, 0.2) is 0 Å². The standard InChI is InChI=1S/C19H25NO2/c1-13-10-14(13)6-4-3-5-7-16-11-15-8-9-17(22-2)12-18(15)20-19(16)21/h8-9,11-14H,3-7,10H2,1-2H3,(H,20,21)/t13?,14-/m1/s1. The van der Waals surface area contributed by atoms with Crippen molar-refractivity contribution >= 4 is 10.9 Å². The molecule has 1 aromatic heterocycles. The van der Waals surface area contributed by atoms with Crippen molar-refractivity contribution in [3.8, 4) is 5.75 Å². The fraction of sp³-hybridized carbons (Fsp3) is 0.526. The fourth-order valence-electron chi connectivity index (χ4n) is 3.24. The largest absolute Gasteiger partial charge is 0.497 e. The number of rotatable bonds is 7. The Labute approximate surface area is 131 Å². The molecule has 0 amide bonds. The number of aryl methyl sites for hydroxylation is 1. The van der Waals surface area contributed by atoms with Crippen molar-refractivity contribution in [2.75, 3.05) is 7.11 Å². The normalized spacial score (nSPS) is 20.3. The van der Waals surface area contributed by atoms with E-state index < -0.39 is 0 Å². The van der Waals surface area contributed by atoms with Crippen molar-refractivity contribution in [3.05, 3.63) is 40.2 Å². The average molecular weight is 299 g/mol. The summed E-state index contributed by atoms with van der Waals surface area (Å²) in [7, 11) is 1.63. The van der Waals surface area contributed by atoms with E-state index in [0.717, 1.165) is 46.9 Å². The first-order valence-corrected chi connectivity index (χ1v) is 8.37. The first kappa shape index (κ1) is 15.1. The number of hydrogen-bond acceptors (Lipinski definition) is 2. The molecule has 1 N–H and O–H groups in total. The lowest BCUT2D eigenvalue weighted by Gasteiger charge is -2.05. The summed E-state index contributed by atoms with van der Waals surface area (Å²) >= 11 is 0. The van der Waals surface area contributed by atoms with Crippen molar-refractivity contribution in [2.45, 2.75) is 45.4 Å². The summed E-state index contributed by atoms with van der Waals surface area (Å²) < 4.78 is 5.19. The molecule has 3 nitrogen and oxygen atoms in total. The highest BCUT2D eigenvalue weighted by atomic mass is 16.5. The third-order valence-corrected chi connectivity index (χ3v) is 4.93. The SMILES string of the molecule is COc1ccc2cc(CCCCC[C@@H]3CC3C)c(=O)[nH]c2c1. The second kappa shape index (κ2) is 6.55. The zero-order valence-corrected chi connectivity index (χ0v) is 13.5. The number of aromatic amines is 1. The molecule has 1 aromatic carbocycles. The van der Waals surface area contributed by atoms with Gasteiger partial charge in [0.1, 0.15) is 5.75 Å². The molecule has 2 atom stereocenters. The first-order valence-electron chi connectivity index (χ1n) is 8.37. The van der Waals surface area contributed by atoms with Crippen molar-refractivity contribution in [1.82, 2.24) is 4.98 Å². The van der Waals surface area contributed by atoms with E-state index in [-0.39, 0.29) is 5.56 Å². The minimum atomic E-state index is 0.0385. The van der Waals surface area contributed by atoms with Crippen LogP contribution in [-0.2, 0) is 6.42 Å². The van der Waals surface area contributed by atoms with Crippen LogP contribution in [0.1, 0.15) is 44.6 Å². The van der Waals surface area contributed by atoms with Crippen LogP contribution >= 0.6 is 0 Å². The summed E-state index contributed by atoms with van der Waals surface area (Å²) in [5, 5.41) is 1.07. The highest BCUT2D eigenvalue weighted by molar-refractivity contribution is 5.80. The summed E-state index contributed by atoms with van der Waals surface area (Å²) in [6.07, 6.45) is 7.30. The van der Waals surface area contributed by atoms with E-state index >= 15 is 0 Å².